The smallest absolute Gasteiger partial charge is 0.419 e. The number of imide groups is 1. The van der Waals surface area contributed by atoms with Gasteiger partial charge in [-0.2, -0.15) is 9.83 Å². The lowest BCUT2D eigenvalue weighted by Crippen LogP contribution is -3.00. The van der Waals surface area contributed by atoms with Gasteiger partial charge in [0.25, 0.3) is 6.33 Å². The van der Waals surface area contributed by atoms with Gasteiger partial charge in [-0.3, -0.25) is 9.69 Å². The van der Waals surface area contributed by atoms with E-state index in [0.717, 1.165) is 28.7 Å². The third kappa shape index (κ3) is 6.97. The summed E-state index contributed by atoms with van der Waals surface area (Å²) in [4.78, 5) is 29.1. The van der Waals surface area contributed by atoms with E-state index >= 15 is 4.39 Å². The van der Waals surface area contributed by atoms with E-state index < -0.39 is 41.4 Å². The summed E-state index contributed by atoms with van der Waals surface area (Å²) in [6.07, 6.45) is 1.04. The highest BCUT2D eigenvalue weighted by atomic mass is 127. The molecule has 3 atom stereocenters. The lowest BCUT2D eigenvalue weighted by Gasteiger charge is -2.32. The van der Waals surface area contributed by atoms with Crippen LogP contribution in [0.3, 0.4) is 0 Å². The molecule has 0 aliphatic rings. The van der Waals surface area contributed by atoms with Crippen molar-refractivity contribution in [3.8, 4) is 17.3 Å². The number of carbonyl (C=O) groups is 2. The average molecular weight is 709 g/mol. The van der Waals surface area contributed by atoms with Gasteiger partial charge in [0.15, 0.2) is 0 Å². The van der Waals surface area contributed by atoms with E-state index in [1.54, 1.807) is 43.5 Å². The second-order valence-electron chi connectivity index (χ2n) is 9.48. The number of hydrogen-bond donors (Lipinski definition) is 1. The van der Waals surface area contributed by atoms with E-state index in [9.17, 15) is 19.1 Å². The minimum absolute atomic E-state index is 0. The zero-order valence-corrected chi connectivity index (χ0v) is 26.0. The Balaban J connectivity index is 0.00000484. The molecule has 2 aromatic heterocycles. The molecule has 220 valence electrons. The van der Waals surface area contributed by atoms with Gasteiger partial charge in [0.1, 0.15) is 23.8 Å². The predicted molar refractivity (Wildman–Crippen MR) is 143 cm³/mol. The quantitative estimate of drug-likeness (QED) is 0.216. The molecule has 4 aromatic rings. The molecular weight excluding hydrogens is 681 g/mol. The van der Waals surface area contributed by atoms with E-state index in [2.05, 4.69) is 16.2 Å². The van der Waals surface area contributed by atoms with Crippen LogP contribution >= 0.6 is 11.3 Å². The number of ether oxygens (including phenoxy) is 1. The van der Waals surface area contributed by atoms with Gasteiger partial charge in [-0.1, -0.05) is 19.1 Å². The van der Waals surface area contributed by atoms with Crippen LogP contribution in [0.15, 0.2) is 60.5 Å². The van der Waals surface area contributed by atoms with Crippen molar-refractivity contribution >= 4 is 23.3 Å². The number of rotatable bonds is 8. The Morgan fingerprint density at radius 3 is 2.57 bits per heavy atom. The summed E-state index contributed by atoms with van der Waals surface area (Å²) >= 11 is 1.25. The Hall–Kier alpha value is -3.81. The summed E-state index contributed by atoms with van der Waals surface area (Å²) in [6, 6.07) is 11.8. The Morgan fingerprint density at radius 1 is 1.24 bits per heavy atom. The second kappa shape index (κ2) is 13.4. The third-order valence-corrected chi connectivity index (χ3v) is 7.78. The number of hydrogen-bond acceptors (Lipinski definition) is 8. The molecule has 0 aliphatic heterocycles. The number of halogens is 3. The SMILES string of the molecule is CC(=O)N(C)C(=O)OC(C)[n+]1cnn(CC(O)(c2cc(F)ccc2F)C(C)c2nc(-c3ccc(C#N)cc3)cs2)c1.[I-]. The lowest BCUT2D eigenvalue weighted by molar-refractivity contribution is -0.753. The van der Waals surface area contributed by atoms with Crippen molar-refractivity contribution in [1.29, 1.82) is 5.26 Å². The molecule has 1 N–H and O–H groups in total. The molecule has 2 heterocycles. The van der Waals surface area contributed by atoms with E-state index in [1.807, 2.05) is 0 Å². The molecule has 2 aromatic carbocycles. The second-order valence-corrected chi connectivity index (χ2v) is 10.4. The molecule has 0 aliphatic carbocycles. The first kappa shape index (κ1) is 32.7. The molecule has 3 unspecified atom stereocenters. The zero-order chi connectivity index (χ0) is 29.9. The summed E-state index contributed by atoms with van der Waals surface area (Å²) < 4.78 is 37.4. The maximum absolute atomic E-state index is 15.1. The Morgan fingerprint density at radius 2 is 1.93 bits per heavy atom. The summed E-state index contributed by atoms with van der Waals surface area (Å²) in [5, 5.41) is 27.6. The molecule has 0 fully saturated rings. The third-order valence-electron chi connectivity index (χ3n) is 6.75. The van der Waals surface area contributed by atoms with E-state index in [0.29, 0.717) is 16.3 Å². The fourth-order valence-electron chi connectivity index (χ4n) is 4.09. The molecule has 10 nitrogen and oxygen atoms in total. The normalized spacial score (nSPS) is 13.7. The van der Waals surface area contributed by atoms with Crippen LogP contribution in [0.1, 0.15) is 49.1 Å². The number of nitrogens with zero attached hydrogens (tertiary/aromatic N) is 6. The van der Waals surface area contributed by atoms with Gasteiger partial charge < -0.3 is 33.8 Å². The van der Waals surface area contributed by atoms with E-state index in [1.165, 1.54) is 47.2 Å². The first-order chi connectivity index (χ1) is 19.4. The highest BCUT2D eigenvalue weighted by Gasteiger charge is 2.43. The van der Waals surface area contributed by atoms with Crippen molar-refractivity contribution in [3.63, 3.8) is 0 Å². The molecule has 0 bridgehead atoms. The number of amides is 2. The van der Waals surface area contributed by atoms with Gasteiger partial charge in [-0.05, 0) is 30.3 Å². The van der Waals surface area contributed by atoms with Crippen molar-refractivity contribution < 1.29 is 56.8 Å². The number of nitriles is 1. The summed E-state index contributed by atoms with van der Waals surface area (Å²) in [6.45, 7) is 4.13. The summed E-state index contributed by atoms with van der Waals surface area (Å²) in [7, 11) is 1.28. The summed E-state index contributed by atoms with van der Waals surface area (Å²) in [5.41, 5.74) is -0.424. The number of aromatic nitrogens is 4. The minimum atomic E-state index is -2.01. The topological polar surface area (TPSA) is 125 Å². The Bertz CT molecular complexity index is 1620. The highest BCUT2D eigenvalue weighted by Crippen LogP contribution is 2.41. The monoisotopic (exact) mass is 708 g/mol. The van der Waals surface area contributed by atoms with Crippen LogP contribution in [0, 0.1) is 23.0 Å². The van der Waals surface area contributed by atoms with E-state index in [-0.39, 0.29) is 36.1 Å². The number of benzene rings is 2. The molecule has 0 spiro atoms. The van der Waals surface area contributed by atoms with Crippen LogP contribution in [0.5, 0.6) is 0 Å². The molecule has 0 radical (unpaired) electrons. The Labute approximate surface area is 261 Å². The van der Waals surface area contributed by atoms with Crippen molar-refractivity contribution in [3.05, 3.63) is 88.3 Å². The molecule has 0 saturated heterocycles. The summed E-state index contributed by atoms with van der Waals surface area (Å²) in [5.74, 6) is -2.86. The average Bonchev–Trinajstić information content (AvgIpc) is 3.63. The van der Waals surface area contributed by atoms with Crippen molar-refractivity contribution in [2.75, 3.05) is 7.05 Å². The largest absolute Gasteiger partial charge is 1.00 e. The fourth-order valence-corrected chi connectivity index (χ4v) is 5.07. The maximum atomic E-state index is 15.1. The van der Waals surface area contributed by atoms with Crippen molar-refractivity contribution in [2.24, 2.45) is 0 Å². The number of thiazole rings is 1. The number of carbonyl (C=O) groups excluding carboxylic acids is 2. The van der Waals surface area contributed by atoms with Crippen LogP contribution in [-0.4, -0.2) is 43.8 Å². The fraction of sp³-hybridized carbons (Fsp3) is 0.286. The van der Waals surface area contributed by atoms with Crippen LogP contribution < -0.4 is 28.5 Å². The van der Waals surface area contributed by atoms with Crippen molar-refractivity contribution in [2.45, 2.75) is 45.1 Å². The van der Waals surface area contributed by atoms with Gasteiger partial charge in [0, 0.05) is 48.4 Å². The van der Waals surface area contributed by atoms with Gasteiger partial charge in [0.05, 0.1) is 22.3 Å². The van der Waals surface area contributed by atoms with Gasteiger partial charge in [-0.25, -0.2) is 18.6 Å². The zero-order valence-electron chi connectivity index (χ0n) is 23.0. The highest BCUT2D eigenvalue weighted by molar-refractivity contribution is 7.10. The van der Waals surface area contributed by atoms with Crippen LogP contribution in [-0.2, 0) is 21.7 Å². The van der Waals surface area contributed by atoms with Gasteiger partial charge in [-0.15, -0.1) is 16.0 Å². The molecule has 0 saturated carbocycles. The van der Waals surface area contributed by atoms with Crippen LogP contribution in [0.25, 0.3) is 11.3 Å². The van der Waals surface area contributed by atoms with Crippen LogP contribution in [0.2, 0.25) is 0 Å². The molecule has 2 amide bonds. The van der Waals surface area contributed by atoms with Crippen LogP contribution in [0.4, 0.5) is 13.6 Å². The maximum Gasteiger partial charge on any atom is 0.419 e. The lowest BCUT2D eigenvalue weighted by atomic mass is 9.82. The minimum Gasteiger partial charge on any atom is -1.00 e. The van der Waals surface area contributed by atoms with Crippen molar-refractivity contribution in [1.82, 2.24) is 19.7 Å². The molecule has 42 heavy (non-hydrogen) atoms. The first-order valence-corrected chi connectivity index (χ1v) is 13.3. The van der Waals surface area contributed by atoms with Gasteiger partial charge >= 0.3 is 6.09 Å². The molecule has 14 heteroatoms. The predicted octanol–water partition coefficient (Wildman–Crippen LogP) is 1.27. The first-order valence-electron chi connectivity index (χ1n) is 12.4. The van der Waals surface area contributed by atoms with Gasteiger partial charge in [0.2, 0.25) is 18.5 Å². The van der Waals surface area contributed by atoms with E-state index in [4.69, 9.17) is 10.00 Å². The molecule has 4 rings (SSSR count). The molecular formula is C28H27F2IN6O4S. The Kier molecular flexibility index (Phi) is 10.5. The number of aliphatic hydroxyl groups is 1. The standard InChI is InChI=1S/C28H27F2N6O4S.HI/c1-17(26-33-25(13-41-26)21-7-5-20(12-31)6-8-21)28(39,23-11-22(29)9-10-24(23)30)14-36-16-35(15-32-36)19(3)40-27(38)34(4)18(2)37;/h5-11,13,15-17,19,39H,14H2,1-4H3;1H/q+1;/p-1.